The minimum atomic E-state index is 0.480. The molecule has 0 spiro atoms. The lowest BCUT2D eigenvalue weighted by Crippen LogP contribution is -2.17. The van der Waals surface area contributed by atoms with E-state index in [0.29, 0.717) is 18.1 Å². The molecule has 0 bridgehead atoms. The van der Waals surface area contributed by atoms with Crippen molar-refractivity contribution in [1.82, 2.24) is 0 Å². The molecule has 1 fully saturated rings. The Morgan fingerprint density at radius 2 is 2.27 bits per heavy atom. The molecule has 0 saturated heterocycles. The maximum absolute atomic E-state index is 5.56. The normalized spacial score (nSPS) is 29.2. The molecule has 1 saturated carbocycles. The van der Waals surface area contributed by atoms with Crippen molar-refractivity contribution in [2.45, 2.75) is 39.2 Å². The fourth-order valence-corrected chi connectivity index (χ4v) is 1.75. The average molecular weight is 157 g/mol. The van der Waals surface area contributed by atoms with Gasteiger partial charge in [-0.2, -0.15) is 0 Å². The Morgan fingerprint density at radius 3 is 2.73 bits per heavy atom. The van der Waals surface area contributed by atoms with Gasteiger partial charge in [-0.25, -0.2) is 0 Å². The molecule has 0 radical (unpaired) electrons. The predicted octanol–water partition coefficient (Wildman–Crippen LogP) is 1.54. The van der Waals surface area contributed by atoms with Crippen LogP contribution in [-0.2, 0) is 4.74 Å². The molecule has 66 valence electrons. The number of rotatable bonds is 3. The Hall–Kier alpha value is -0.0800. The Morgan fingerprint density at radius 1 is 1.55 bits per heavy atom. The van der Waals surface area contributed by atoms with Crippen LogP contribution in [-0.4, -0.2) is 19.3 Å². The molecular weight excluding hydrogens is 138 g/mol. The smallest absolute Gasteiger partial charge is 0.0592 e. The molecule has 11 heavy (non-hydrogen) atoms. The van der Waals surface area contributed by atoms with Crippen LogP contribution in [0, 0.1) is 5.41 Å². The molecule has 1 unspecified atom stereocenters. The van der Waals surface area contributed by atoms with Gasteiger partial charge in [0, 0.05) is 6.54 Å². The molecular formula is C9H19NO. The minimum Gasteiger partial charge on any atom is -0.377 e. The first kappa shape index (κ1) is 9.01. The van der Waals surface area contributed by atoms with E-state index in [1.165, 1.54) is 19.3 Å². The van der Waals surface area contributed by atoms with Crippen LogP contribution in [0.3, 0.4) is 0 Å². The summed E-state index contributed by atoms with van der Waals surface area (Å²) in [5.74, 6) is 0. The minimum absolute atomic E-state index is 0.480. The summed E-state index contributed by atoms with van der Waals surface area (Å²) < 4.78 is 5.56. The molecule has 0 aromatic carbocycles. The SMILES string of the molecule is CC1(C)CCC(OCCN)C1. The maximum atomic E-state index is 5.56. The van der Waals surface area contributed by atoms with E-state index in [-0.39, 0.29) is 0 Å². The average Bonchev–Trinajstić information content (AvgIpc) is 2.26. The monoisotopic (exact) mass is 157 g/mol. The first-order valence-electron chi connectivity index (χ1n) is 4.46. The van der Waals surface area contributed by atoms with Crippen LogP contribution >= 0.6 is 0 Å². The number of hydrogen-bond donors (Lipinski definition) is 1. The Balaban J connectivity index is 2.20. The lowest BCUT2D eigenvalue weighted by molar-refractivity contribution is 0.0570. The quantitative estimate of drug-likeness (QED) is 0.674. The second kappa shape index (κ2) is 3.55. The van der Waals surface area contributed by atoms with Gasteiger partial charge in [0.05, 0.1) is 12.7 Å². The molecule has 2 nitrogen and oxygen atoms in total. The summed E-state index contributed by atoms with van der Waals surface area (Å²) in [5.41, 5.74) is 5.85. The van der Waals surface area contributed by atoms with Gasteiger partial charge in [0.25, 0.3) is 0 Å². The van der Waals surface area contributed by atoms with Gasteiger partial charge in [-0.3, -0.25) is 0 Å². The summed E-state index contributed by atoms with van der Waals surface area (Å²) in [7, 11) is 0. The largest absolute Gasteiger partial charge is 0.377 e. The van der Waals surface area contributed by atoms with Gasteiger partial charge in [-0.05, 0) is 24.7 Å². The third-order valence-corrected chi connectivity index (χ3v) is 2.39. The van der Waals surface area contributed by atoms with Crippen molar-refractivity contribution in [2.24, 2.45) is 11.1 Å². The van der Waals surface area contributed by atoms with E-state index in [0.717, 1.165) is 6.61 Å². The molecule has 2 heteroatoms. The van der Waals surface area contributed by atoms with Crippen molar-refractivity contribution in [3.8, 4) is 0 Å². The topological polar surface area (TPSA) is 35.2 Å². The van der Waals surface area contributed by atoms with Gasteiger partial charge < -0.3 is 10.5 Å². The lowest BCUT2D eigenvalue weighted by Gasteiger charge is -2.16. The third kappa shape index (κ3) is 2.80. The van der Waals surface area contributed by atoms with Crippen molar-refractivity contribution in [1.29, 1.82) is 0 Å². The highest BCUT2D eigenvalue weighted by molar-refractivity contribution is 4.82. The zero-order valence-electron chi connectivity index (χ0n) is 7.60. The van der Waals surface area contributed by atoms with Crippen LogP contribution in [0.25, 0.3) is 0 Å². The summed E-state index contributed by atoms with van der Waals surface area (Å²) >= 11 is 0. The molecule has 1 aliphatic rings. The zero-order valence-corrected chi connectivity index (χ0v) is 7.60. The van der Waals surface area contributed by atoms with E-state index in [1.54, 1.807) is 0 Å². The first-order chi connectivity index (χ1) is 5.14. The van der Waals surface area contributed by atoms with Crippen LogP contribution in [0.15, 0.2) is 0 Å². The fourth-order valence-electron chi connectivity index (χ4n) is 1.75. The second-order valence-corrected chi connectivity index (χ2v) is 4.19. The highest BCUT2D eigenvalue weighted by Gasteiger charge is 2.30. The molecule has 0 aromatic heterocycles. The second-order valence-electron chi connectivity index (χ2n) is 4.19. The van der Waals surface area contributed by atoms with E-state index < -0.39 is 0 Å². The van der Waals surface area contributed by atoms with Crippen LogP contribution < -0.4 is 5.73 Å². The van der Waals surface area contributed by atoms with Crippen molar-refractivity contribution >= 4 is 0 Å². The van der Waals surface area contributed by atoms with Gasteiger partial charge in [0.15, 0.2) is 0 Å². The van der Waals surface area contributed by atoms with Crippen LogP contribution in [0.2, 0.25) is 0 Å². The van der Waals surface area contributed by atoms with Crippen molar-refractivity contribution in [3.63, 3.8) is 0 Å². The van der Waals surface area contributed by atoms with Crippen molar-refractivity contribution in [3.05, 3.63) is 0 Å². The van der Waals surface area contributed by atoms with E-state index in [9.17, 15) is 0 Å². The summed E-state index contributed by atoms with van der Waals surface area (Å²) in [6.07, 6.45) is 4.19. The predicted molar refractivity (Wildman–Crippen MR) is 46.4 cm³/mol. The molecule has 0 heterocycles. The van der Waals surface area contributed by atoms with Crippen molar-refractivity contribution < 1.29 is 4.74 Å². The number of ether oxygens (including phenoxy) is 1. The molecule has 1 atom stereocenters. The van der Waals surface area contributed by atoms with Crippen molar-refractivity contribution in [2.75, 3.05) is 13.2 Å². The van der Waals surface area contributed by atoms with Crippen LogP contribution in [0.5, 0.6) is 0 Å². The summed E-state index contributed by atoms with van der Waals surface area (Å²) in [6.45, 7) is 5.98. The highest BCUT2D eigenvalue weighted by atomic mass is 16.5. The standard InChI is InChI=1S/C9H19NO/c1-9(2)4-3-8(7-9)11-6-5-10/h8H,3-7,10H2,1-2H3. The van der Waals surface area contributed by atoms with Gasteiger partial charge in [0.1, 0.15) is 0 Å². The highest BCUT2D eigenvalue weighted by Crippen LogP contribution is 2.38. The van der Waals surface area contributed by atoms with E-state index in [4.69, 9.17) is 10.5 Å². The molecule has 1 rings (SSSR count). The van der Waals surface area contributed by atoms with Crippen LogP contribution in [0.1, 0.15) is 33.1 Å². The fraction of sp³-hybridized carbons (Fsp3) is 1.00. The van der Waals surface area contributed by atoms with Gasteiger partial charge >= 0.3 is 0 Å². The Labute approximate surface area is 69.1 Å². The molecule has 0 amide bonds. The summed E-state index contributed by atoms with van der Waals surface area (Å²) in [5, 5.41) is 0. The molecule has 2 N–H and O–H groups in total. The molecule has 1 aliphatic carbocycles. The van der Waals surface area contributed by atoms with E-state index >= 15 is 0 Å². The number of hydrogen-bond acceptors (Lipinski definition) is 2. The summed E-state index contributed by atoms with van der Waals surface area (Å²) in [4.78, 5) is 0. The van der Waals surface area contributed by atoms with Gasteiger partial charge in [0.2, 0.25) is 0 Å². The number of nitrogens with two attached hydrogens (primary N) is 1. The lowest BCUT2D eigenvalue weighted by atomic mass is 9.92. The Kier molecular flexibility index (Phi) is 2.90. The van der Waals surface area contributed by atoms with E-state index in [2.05, 4.69) is 13.8 Å². The van der Waals surface area contributed by atoms with Gasteiger partial charge in [-0.15, -0.1) is 0 Å². The summed E-state index contributed by atoms with van der Waals surface area (Å²) in [6, 6.07) is 0. The zero-order chi connectivity index (χ0) is 8.32. The van der Waals surface area contributed by atoms with E-state index in [1.807, 2.05) is 0 Å². The molecule has 0 aliphatic heterocycles. The Bertz CT molecular complexity index is 123. The van der Waals surface area contributed by atoms with Gasteiger partial charge in [-0.1, -0.05) is 13.8 Å². The first-order valence-corrected chi connectivity index (χ1v) is 4.46. The molecule has 0 aromatic rings. The van der Waals surface area contributed by atoms with Crippen LogP contribution in [0.4, 0.5) is 0 Å². The third-order valence-electron chi connectivity index (χ3n) is 2.39. The maximum Gasteiger partial charge on any atom is 0.0592 e.